The highest BCUT2D eigenvalue weighted by Gasteiger charge is 2.16. The summed E-state index contributed by atoms with van der Waals surface area (Å²) in [7, 11) is 0. The van der Waals surface area contributed by atoms with Crippen LogP contribution >= 0.6 is 23.2 Å². The van der Waals surface area contributed by atoms with Crippen LogP contribution in [0.1, 0.15) is 15.9 Å². The average molecular weight is 331 g/mol. The minimum atomic E-state index is -1.16. The van der Waals surface area contributed by atoms with E-state index in [2.05, 4.69) is 5.32 Å². The molecule has 0 aliphatic rings. The number of hydrogen-bond donors (Lipinski definition) is 2. The fourth-order valence-electron chi connectivity index (χ4n) is 1.69. The molecule has 0 heterocycles. The summed E-state index contributed by atoms with van der Waals surface area (Å²) in [5, 5.41) is 3.14. The third-order valence-corrected chi connectivity index (χ3v) is 3.55. The normalized spacial score (nSPS) is 10.5. The van der Waals surface area contributed by atoms with E-state index in [1.54, 1.807) is 13.0 Å². The number of anilines is 2. The zero-order valence-electron chi connectivity index (χ0n) is 10.8. The minimum Gasteiger partial charge on any atom is -0.398 e. The maximum atomic E-state index is 13.2. The van der Waals surface area contributed by atoms with Gasteiger partial charge in [0.15, 0.2) is 11.6 Å². The molecule has 3 nitrogen and oxygen atoms in total. The number of amides is 1. The molecule has 0 aromatic heterocycles. The summed E-state index contributed by atoms with van der Waals surface area (Å²) < 4.78 is 26.2. The lowest BCUT2D eigenvalue weighted by atomic mass is 10.1. The van der Waals surface area contributed by atoms with Crippen molar-refractivity contribution in [1.29, 1.82) is 0 Å². The first-order valence-electron chi connectivity index (χ1n) is 5.81. The van der Waals surface area contributed by atoms with E-state index in [9.17, 15) is 13.6 Å². The number of aryl methyl sites for hydroxylation is 1. The average Bonchev–Trinajstić information content (AvgIpc) is 2.40. The van der Waals surface area contributed by atoms with Gasteiger partial charge in [-0.15, -0.1) is 0 Å². The fraction of sp³-hybridized carbons (Fsp3) is 0.0714. The standard InChI is InChI=1S/C14H10Cl2F2N2O/c1-6-2-9(16)13(4-8(6)15)20-14(21)7-3-10(17)11(18)5-12(7)19/h2-5H,19H2,1H3,(H,20,21). The Labute approximate surface area is 129 Å². The van der Waals surface area contributed by atoms with Crippen LogP contribution in [0.2, 0.25) is 10.0 Å². The maximum Gasteiger partial charge on any atom is 0.257 e. The first-order chi connectivity index (χ1) is 9.79. The Morgan fingerprint density at radius 1 is 1.10 bits per heavy atom. The van der Waals surface area contributed by atoms with E-state index in [0.717, 1.165) is 17.7 Å². The Hall–Kier alpha value is -1.85. The van der Waals surface area contributed by atoms with Crippen LogP contribution in [0.15, 0.2) is 24.3 Å². The monoisotopic (exact) mass is 330 g/mol. The van der Waals surface area contributed by atoms with E-state index in [4.69, 9.17) is 28.9 Å². The first-order valence-corrected chi connectivity index (χ1v) is 6.56. The van der Waals surface area contributed by atoms with E-state index in [-0.39, 0.29) is 22.0 Å². The Morgan fingerprint density at radius 2 is 1.71 bits per heavy atom. The smallest absolute Gasteiger partial charge is 0.257 e. The topological polar surface area (TPSA) is 55.1 Å². The van der Waals surface area contributed by atoms with Crippen molar-refractivity contribution in [2.24, 2.45) is 0 Å². The van der Waals surface area contributed by atoms with Crippen molar-refractivity contribution >= 4 is 40.5 Å². The van der Waals surface area contributed by atoms with Crippen molar-refractivity contribution in [3.63, 3.8) is 0 Å². The summed E-state index contributed by atoms with van der Waals surface area (Å²) in [6, 6.07) is 4.51. The molecular weight excluding hydrogens is 321 g/mol. The molecule has 0 fully saturated rings. The first kappa shape index (κ1) is 15.5. The number of nitrogens with one attached hydrogen (secondary N) is 1. The van der Waals surface area contributed by atoms with Gasteiger partial charge < -0.3 is 11.1 Å². The van der Waals surface area contributed by atoms with Gasteiger partial charge in [-0.25, -0.2) is 8.78 Å². The molecule has 0 aliphatic carbocycles. The highest BCUT2D eigenvalue weighted by Crippen LogP contribution is 2.29. The van der Waals surface area contributed by atoms with Crippen molar-refractivity contribution in [2.75, 3.05) is 11.1 Å². The molecule has 2 aromatic carbocycles. The van der Waals surface area contributed by atoms with Gasteiger partial charge in [0.05, 0.1) is 16.3 Å². The summed E-state index contributed by atoms with van der Waals surface area (Å²) in [4.78, 5) is 12.1. The van der Waals surface area contributed by atoms with Crippen LogP contribution in [-0.4, -0.2) is 5.91 Å². The van der Waals surface area contributed by atoms with E-state index >= 15 is 0 Å². The predicted octanol–water partition coefficient (Wildman–Crippen LogP) is 4.41. The molecular formula is C14H10Cl2F2N2O. The molecule has 0 aliphatic heterocycles. The van der Waals surface area contributed by atoms with E-state index in [1.165, 1.54) is 6.07 Å². The maximum absolute atomic E-state index is 13.2. The Morgan fingerprint density at radius 3 is 2.38 bits per heavy atom. The molecule has 2 rings (SSSR count). The fourth-order valence-corrected chi connectivity index (χ4v) is 2.12. The molecule has 7 heteroatoms. The van der Waals surface area contributed by atoms with Gasteiger partial charge in [-0.05, 0) is 30.7 Å². The van der Waals surface area contributed by atoms with Crippen molar-refractivity contribution in [3.05, 3.63) is 57.1 Å². The van der Waals surface area contributed by atoms with Crippen molar-refractivity contribution in [2.45, 2.75) is 6.92 Å². The Bertz CT molecular complexity index is 735. The SMILES string of the molecule is Cc1cc(Cl)c(NC(=O)c2cc(F)c(F)cc2N)cc1Cl. The zero-order chi connectivity index (χ0) is 15.7. The summed E-state index contributed by atoms with van der Waals surface area (Å²) in [6.45, 7) is 1.76. The number of halogens is 4. The van der Waals surface area contributed by atoms with Gasteiger partial charge in [0.25, 0.3) is 5.91 Å². The summed E-state index contributed by atoms with van der Waals surface area (Å²) in [5.41, 5.74) is 6.13. The number of hydrogen-bond acceptors (Lipinski definition) is 2. The molecule has 3 N–H and O–H groups in total. The van der Waals surface area contributed by atoms with Crippen LogP contribution in [0.25, 0.3) is 0 Å². The number of carbonyl (C=O) groups is 1. The second-order valence-corrected chi connectivity index (χ2v) is 5.20. The van der Waals surface area contributed by atoms with Crippen molar-refractivity contribution < 1.29 is 13.6 Å². The van der Waals surface area contributed by atoms with Crippen LogP contribution in [0.3, 0.4) is 0 Å². The summed E-state index contributed by atoms with van der Waals surface area (Å²) in [5.74, 6) is -3.00. The van der Waals surface area contributed by atoms with Gasteiger partial charge in [-0.2, -0.15) is 0 Å². The largest absolute Gasteiger partial charge is 0.398 e. The molecule has 0 saturated heterocycles. The van der Waals surface area contributed by atoms with E-state index in [1.807, 2.05) is 0 Å². The lowest BCUT2D eigenvalue weighted by molar-refractivity contribution is 0.102. The molecule has 0 unspecified atom stereocenters. The van der Waals surface area contributed by atoms with Gasteiger partial charge in [-0.1, -0.05) is 23.2 Å². The lowest BCUT2D eigenvalue weighted by Crippen LogP contribution is -2.15. The van der Waals surface area contributed by atoms with Crippen LogP contribution < -0.4 is 11.1 Å². The van der Waals surface area contributed by atoms with E-state index < -0.39 is 17.5 Å². The van der Waals surface area contributed by atoms with Gasteiger partial charge >= 0.3 is 0 Å². The number of benzene rings is 2. The highest BCUT2D eigenvalue weighted by molar-refractivity contribution is 6.36. The lowest BCUT2D eigenvalue weighted by Gasteiger charge is -2.11. The van der Waals surface area contributed by atoms with Gasteiger partial charge in [0.1, 0.15) is 0 Å². The van der Waals surface area contributed by atoms with Gasteiger partial charge in [-0.3, -0.25) is 4.79 Å². The molecule has 110 valence electrons. The Kier molecular flexibility index (Phi) is 4.34. The van der Waals surface area contributed by atoms with Gasteiger partial charge in [0.2, 0.25) is 0 Å². The van der Waals surface area contributed by atoms with Crippen LogP contribution in [-0.2, 0) is 0 Å². The third-order valence-electron chi connectivity index (χ3n) is 2.83. The minimum absolute atomic E-state index is 0.180. The molecule has 1 amide bonds. The van der Waals surface area contributed by atoms with Gasteiger partial charge in [0, 0.05) is 16.8 Å². The zero-order valence-corrected chi connectivity index (χ0v) is 12.3. The molecule has 0 atom stereocenters. The summed E-state index contributed by atoms with van der Waals surface area (Å²) in [6.07, 6.45) is 0. The van der Waals surface area contributed by atoms with Crippen LogP contribution in [0, 0.1) is 18.6 Å². The second kappa shape index (κ2) is 5.87. The third kappa shape index (κ3) is 3.25. The Balaban J connectivity index is 2.35. The van der Waals surface area contributed by atoms with E-state index in [0.29, 0.717) is 5.02 Å². The van der Waals surface area contributed by atoms with Crippen molar-refractivity contribution in [3.8, 4) is 0 Å². The highest BCUT2D eigenvalue weighted by atomic mass is 35.5. The van der Waals surface area contributed by atoms with Crippen LogP contribution in [0.5, 0.6) is 0 Å². The number of nitrogens with two attached hydrogens (primary N) is 1. The molecule has 2 aromatic rings. The molecule has 21 heavy (non-hydrogen) atoms. The number of carbonyl (C=O) groups excluding carboxylic acids is 1. The number of rotatable bonds is 2. The molecule has 0 bridgehead atoms. The quantitative estimate of drug-likeness (QED) is 0.801. The molecule has 0 spiro atoms. The second-order valence-electron chi connectivity index (χ2n) is 4.39. The predicted molar refractivity (Wildman–Crippen MR) is 79.9 cm³/mol. The van der Waals surface area contributed by atoms with Crippen molar-refractivity contribution in [1.82, 2.24) is 0 Å². The molecule has 0 radical (unpaired) electrons. The van der Waals surface area contributed by atoms with Crippen LogP contribution in [0.4, 0.5) is 20.2 Å². The molecule has 0 saturated carbocycles. The summed E-state index contributed by atoms with van der Waals surface area (Å²) >= 11 is 11.9. The number of nitrogen functional groups attached to an aromatic ring is 1.